The number of rotatable bonds is 6. The first-order valence-corrected chi connectivity index (χ1v) is 7.63. The normalized spacial score (nSPS) is 10.7. The third-order valence-corrected chi connectivity index (χ3v) is 3.55. The fraction of sp³-hybridized carbons (Fsp3) is 0.294. The number of aromatic nitrogens is 3. The van der Waals surface area contributed by atoms with E-state index in [1.54, 1.807) is 31.2 Å². The number of carbonyl (C=O) groups is 1. The molecule has 0 bridgehead atoms. The first kappa shape index (κ1) is 16.7. The highest BCUT2D eigenvalue weighted by atomic mass is 16.5. The zero-order valence-corrected chi connectivity index (χ0v) is 14.1. The molecular weight excluding hydrogens is 326 g/mol. The Morgan fingerprint density at radius 1 is 1.08 bits per heavy atom. The highest BCUT2D eigenvalue weighted by Gasteiger charge is 2.12. The van der Waals surface area contributed by atoms with Crippen LogP contribution < -0.4 is 4.74 Å². The standard InChI is InChI=1S/C17H17N3O5/c1-10-15(11(2)25-20-10)8-22-14-6-4-13(5-7-14)17(21)23-9-16-19-18-12(3)24-16/h4-7H,8-9H2,1-3H3. The Labute approximate surface area is 143 Å². The van der Waals surface area contributed by atoms with Crippen molar-refractivity contribution in [1.82, 2.24) is 15.4 Å². The topological polar surface area (TPSA) is 100 Å². The predicted octanol–water partition coefficient (Wildman–Crippen LogP) is 2.92. The van der Waals surface area contributed by atoms with Gasteiger partial charge in [0.25, 0.3) is 5.89 Å². The average molecular weight is 343 g/mol. The van der Waals surface area contributed by atoms with Crippen molar-refractivity contribution >= 4 is 5.97 Å². The van der Waals surface area contributed by atoms with Crippen LogP contribution in [0.2, 0.25) is 0 Å². The number of esters is 1. The van der Waals surface area contributed by atoms with E-state index < -0.39 is 5.97 Å². The van der Waals surface area contributed by atoms with Crippen LogP contribution in [0.4, 0.5) is 0 Å². The number of aryl methyl sites for hydroxylation is 3. The summed E-state index contributed by atoms with van der Waals surface area (Å²) in [7, 11) is 0. The minimum absolute atomic E-state index is 0.0655. The number of ether oxygens (including phenoxy) is 2. The predicted molar refractivity (Wildman–Crippen MR) is 84.9 cm³/mol. The van der Waals surface area contributed by atoms with Gasteiger partial charge in [-0.2, -0.15) is 0 Å². The maximum atomic E-state index is 12.0. The van der Waals surface area contributed by atoms with Gasteiger partial charge < -0.3 is 18.4 Å². The minimum atomic E-state index is -0.479. The Morgan fingerprint density at radius 2 is 1.84 bits per heavy atom. The van der Waals surface area contributed by atoms with E-state index in [0.717, 1.165) is 17.0 Å². The van der Waals surface area contributed by atoms with Gasteiger partial charge in [-0.05, 0) is 38.1 Å². The summed E-state index contributed by atoms with van der Waals surface area (Å²) in [6.07, 6.45) is 0. The summed E-state index contributed by atoms with van der Waals surface area (Å²) in [6, 6.07) is 6.66. The largest absolute Gasteiger partial charge is 0.489 e. The molecule has 8 heteroatoms. The second-order valence-corrected chi connectivity index (χ2v) is 5.41. The molecule has 0 unspecified atom stereocenters. The van der Waals surface area contributed by atoms with Gasteiger partial charge in [0.05, 0.1) is 16.8 Å². The maximum absolute atomic E-state index is 12.0. The fourth-order valence-corrected chi connectivity index (χ4v) is 2.16. The summed E-state index contributed by atoms with van der Waals surface area (Å²) in [5.74, 6) is 1.56. The van der Waals surface area contributed by atoms with Crippen LogP contribution in [-0.4, -0.2) is 21.3 Å². The van der Waals surface area contributed by atoms with Crippen molar-refractivity contribution in [2.24, 2.45) is 0 Å². The molecule has 25 heavy (non-hydrogen) atoms. The van der Waals surface area contributed by atoms with Crippen LogP contribution in [0.5, 0.6) is 5.75 Å². The van der Waals surface area contributed by atoms with Crippen LogP contribution in [0, 0.1) is 20.8 Å². The van der Waals surface area contributed by atoms with Crippen LogP contribution in [0.25, 0.3) is 0 Å². The summed E-state index contributed by atoms with van der Waals surface area (Å²) in [5, 5.41) is 11.3. The molecule has 0 aliphatic heterocycles. The van der Waals surface area contributed by atoms with Crippen molar-refractivity contribution in [1.29, 1.82) is 0 Å². The lowest BCUT2D eigenvalue weighted by atomic mass is 10.2. The number of hydrogen-bond donors (Lipinski definition) is 0. The molecule has 0 amide bonds. The van der Waals surface area contributed by atoms with Crippen molar-refractivity contribution in [3.63, 3.8) is 0 Å². The lowest BCUT2D eigenvalue weighted by Crippen LogP contribution is -2.05. The molecule has 0 N–H and O–H groups in total. The van der Waals surface area contributed by atoms with Gasteiger partial charge in [0.1, 0.15) is 18.1 Å². The SMILES string of the molecule is Cc1nnc(COC(=O)c2ccc(OCc3c(C)noc3C)cc2)o1. The number of nitrogens with zero attached hydrogens (tertiary/aromatic N) is 3. The summed E-state index contributed by atoms with van der Waals surface area (Å²) in [4.78, 5) is 12.0. The minimum Gasteiger partial charge on any atom is -0.489 e. The van der Waals surface area contributed by atoms with Gasteiger partial charge in [-0.15, -0.1) is 10.2 Å². The molecule has 130 valence electrons. The van der Waals surface area contributed by atoms with Gasteiger partial charge in [-0.1, -0.05) is 5.16 Å². The third kappa shape index (κ3) is 4.03. The first-order chi connectivity index (χ1) is 12.0. The van der Waals surface area contributed by atoms with Crippen molar-refractivity contribution in [2.45, 2.75) is 34.0 Å². The Morgan fingerprint density at radius 3 is 2.44 bits per heavy atom. The van der Waals surface area contributed by atoms with Gasteiger partial charge in [-0.3, -0.25) is 0 Å². The summed E-state index contributed by atoms with van der Waals surface area (Å²) in [6.45, 7) is 5.65. The molecule has 2 aromatic heterocycles. The van der Waals surface area contributed by atoms with Gasteiger partial charge in [0, 0.05) is 6.92 Å². The summed E-state index contributed by atoms with van der Waals surface area (Å²) < 4.78 is 21.0. The fourth-order valence-electron chi connectivity index (χ4n) is 2.16. The van der Waals surface area contributed by atoms with E-state index >= 15 is 0 Å². The molecule has 3 rings (SSSR count). The second kappa shape index (κ2) is 7.16. The highest BCUT2D eigenvalue weighted by Crippen LogP contribution is 2.18. The lowest BCUT2D eigenvalue weighted by molar-refractivity contribution is 0.0437. The van der Waals surface area contributed by atoms with Crippen molar-refractivity contribution in [2.75, 3.05) is 0 Å². The summed E-state index contributed by atoms with van der Waals surface area (Å²) in [5.41, 5.74) is 2.12. The van der Waals surface area contributed by atoms with Gasteiger partial charge in [0.15, 0.2) is 6.61 Å². The molecule has 0 spiro atoms. The average Bonchev–Trinajstić information content (AvgIpc) is 3.17. The van der Waals surface area contributed by atoms with E-state index in [-0.39, 0.29) is 12.5 Å². The molecular formula is C17H17N3O5. The van der Waals surface area contributed by atoms with Crippen LogP contribution in [-0.2, 0) is 18.0 Å². The van der Waals surface area contributed by atoms with E-state index in [4.69, 9.17) is 18.4 Å². The van der Waals surface area contributed by atoms with Crippen LogP contribution >= 0.6 is 0 Å². The van der Waals surface area contributed by atoms with Gasteiger partial charge >= 0.3 is 5.97 Å². The molecule has 0 aliphatic rings. The number of hydrogen-bond acceptors (Lipinski definition) is 8. The van der Waals surface area contributed by atoms with E-state index in [1.165, 1.54) is 0 Å². The molecule has 0 aliphatic carbocycles. The number of carbonyl (C=O) groups excluding carboxylic acids is 1. The molecule has 0 fully saturated rings. The molecule has 3 aromatic rings. The highest BCUT2D eigenvalue weighted by molar-refractivity contribution is 5.89. The van der Waals surface area contributed by atoms with Crippen LogP contribution in [0.1, 0.15) is 39.2 Å². The first-order valence-electron chi connectivity index (χ1n) is 7.63. The Balaban J connectivity index is 1.55. The Hall–Kier alpha value is -3.16. The monoisotopic (exact) mass is 343 g/mol. The van der Waals surface area contributed by atoms with Gasteiger partial charge in [0.2, 0.25) is 5.89 Å². The van der Waals surface area contributed by atoms with Crippen LogP contribution in [0.3, 0.4) is 0 Å². The van der Waals surface area contributed by atoms with E-state index in [9.17, 15) is 4.79 Å². The molecule has 0 saturated carbocycles. The van der Waals surface area contributed by atoms with E-state index in [1.807, 2.05) is 13.8 Å². The molecule has 2 heterocycles. The molecule has 8 nitrogen and oxygen atoms in total. The molecule has 1 aromatic carbocycles. The number of benzene rings is 1. The molecule has 0 atom stereocenters. The van der Waals surface area contributed by atoms with E-state index in [0.29, 0.717) is 23.8 Å². The smallest absolute Gasteiger partial charge is 0.338 e. The zero-order chi connectivity index (χ0) is 17.8. The molecule has 0 saturated heterocycles. The zero-order valence-electron chi connectivity index (χ0n) is 14.1. The van der Waals surface area contributed by atoms with E-state index in [2.05, 4.69) is 15.4 Å². The van der Waals surface area contributed by atoms with Crippen molar-refractivity contribution in [3.8, 4) is 5.75 Å². The van der Waals surface area contributed by atoms with Crippen molar-refractivity contribution in [3.05, 3.63) is 58.6 Å². The van der Waals surface area contributed by atoms with Crippen molar-refractivity contribution < 1.29 is 23.2 Å². The lowest BCUT2D eigenvalue weighted by Gasteiger charge is -2.07. The maximum Gasteiger partial charge on any atom is 0.338 e. The quantitative estimate of drug-likeness (QED) is 0.630. The van der Waals surface area contributed by atoms with Crippen LogP contribution in [0.15, 0.2) is 33.2 Å². The Kier molecular flexibility index (Phi) is 4.78. The summed E-state index contributed by atoms with van der Waals surface area (Å²) >= 11 is 0. The second-order valence-electron chi connectivity index (χ2n) is 5.41. The third-order valence-electron chi connectivity index (χ3n) is 3.55. The molecule has 0 radical (unpaired) electrons. The Bertz CT molecular complexity index is 847. The van der Waals surface area contributed by atoms with Gasteiger partial charge in [-0.25, -0.2) is 4.79 Å².